The number of hydrogen-bond acceptors (Lipinski definition) is 2. The van der Waals surface area contributed by atoms with Crippen LogP contribution in [0.3, 0.4) is 0 Å². The zero-order valence-corrected chi connectivity index (χ0v) is 15.8. The number of alkyl halides is 16. The molecule has 0 radical (unpaired) electrons. The van der Waals surface area contributed by atoms with Gasteiger partial charge in [0.25, 0.3) is 0 Å². The van der Waals surface area contributed by atoms with E-state index in [1.54, 1.807) is 0 Å². The summed E-state index contributed by atoms with van der Waals surface area (Å²) in [5, 5.41) is 1.26. The maximum atomic E-state index is 13.5. The van der Waals surface area contributed by atoms with Crippen molar-refractivity contribution in [1.82, 2.24) is 5.32 Å². The summed E-state index contributed by atoms with van der Waals surface area (Å²) in [5.74, 6) is -39.9. The fraction of sp³-hybridized carbons (Fsp3) is 0.929. The minimum atomic E-state index is -8.31. The summed E-state index contributed by atoms with van der Waals surface area (Å²) >= 11 is 0. The van der Waals surface area contributed by atoms with Crippen LogP contribution < -0.4 is 5.32 Å². The van der Waals surface area contributed by atoms with Gasteiger partial charge in [-0.3, -0.25) is 0 Å². The van der Waals surface area contributed by atoms with E-state index in [1.165, 1.54) is 12.2 Å². The average Bonchev–Trinajstić information content (AvgIpc) is 2.59. The van der Waals surface area contributed by atoms with Crippen LogP contribution >= 0.6 is 0 Å². The number of amides is 1. The molecule has 0 spiro atoms. The third kappa shape index (κ3) is 5.81. The highest BCUT2D eigenvalue weighted by Crippen LogP contribution is 2.61. The van der Waals surface area contributed by atoms with Crippen molar-refractivity contribution in [1.29, 1.82) is 0 Å². The molecule has 0 heterocycles. The SMILES string of the molecule is CCCCNC(=O)OC(F)(F)C(F)(F)C(F)(F)C(F)(F)C(F)(F)C(F)(F)C(F)CC(F)(F)F. The summed E-state index contributed by atoms with van der Waals surface area (Å²) in [6.45, 7) is 0.843. The van der Waals surface area contributed by atoms with Gasteiger partial charge >= 0.3 is 48.0 Å². The molecule has 0 bridgehead atoms. The van der Waals surface area contributed by atoms with Crippen LogP contribution in [0.15, 0.2) is 0 Å². The van der Waals surface area contributed by atoms with Gasteiger partial charge in [-0.2, -0.15) is 65.9 Å². The lowest BCUT2D eigenvalue weighted by atomic mass is 9.91. The fourth-order valence-corrected chi connectivity index (χ4v) is 1.90. The van der Waals surface area contributed by atoms with E-state index in [-0.39, 0.29) is 12.8 Å². The van der Waals surface area contributed by atoms with Gasteiger partial charge in [0.2, 0.25) is 0 Å². The molecule has 0 aliphatic heterocycles. The summed E-state index contributed by atoms with van der Waals surface area (Å²) in [6, 6.07) is 0. The molecule has 0 rings (SSSR count). The average molecular weight is 531 g/mol. The van der Waals surface area contributed by atoms with Crippen LogP contribution in [-0.4, -0.2) is 60.7 Å². The number of unbranched alkanes of at least 4 members (excludes halogenated alkanes) is 1. The van der Waals surface area contributed by atoms with Gasteiger partial charge in [-0.05, 0) is 6.42 Å². The quantitative estimate of drug-likeness (QED) is 0.242. The van der Waals surface area contributed by atoms with E-state index in [0.717, 1.165) is 0 Å². The summed E-state index contributed by atoms with van der Waals surface area (Å²) in [4.78, 5) is 10.9. The predicted molar refractivity (Wildman–Crippen MR) is 74.6 cm³/mol. The van der Waals surface area contributed by atoms with Gasteiger partial charge < -0.3 is 10.1 Å². The lowest BCUT2D eigenvalue weighted by Crippen LogP contribution is -2.72. The molecule has 33 heavy (non-hydrogen) atoms. The number of carbonyl (C=O) groups excluding carboxylic acids is 1. The first-order chi connectivity index (χ1) is 14.3. The monoisotopic (exact) mass is 531 g/mol. The molecule has 0 aromatic rings. The van der Waals surface area contributed by atoms with E-state index >= 15 is 0 Å². The van der Waals surface area contributed by atoms with Crippen molar-refractivity contribution in [2.45, 2.75) is 74.3 Å². The topological polar surface area (TPSA) is 38.3 Å². The molecule has 0 aromatic heterocycles. The van der Waals surface area contributed by atoms with Gasteiger partial charge in [0.05, 0.1) is 6.42 Å². The molecular formula is C14H13F16NO2. The summed E-state index contributed by atoms with van der Waals surface area (Å²) in [5.41, 5.74) is 0. The Kier molecular flexibility index (Phi) is 8.89. The Bertz CT molecular complexity index is 675. The van der Waals surface area contributed by atoms with Gasteiger partial charge in [-0.1, -0.05) is 13.3 Å². The Morgan fingerprint density at radius 2 is 1.18 bits per heavy atom. The molecule has 1 N–H and O–H groups in total. The molecule has 0 aromatic carbocycles. The molecular weight excluding hydrogens is 518 g/mol. The second-order valence-electron chi connectivity index (χ2n) is 6.39. The van der Waals surface area contributed by atoms with Gasteiger partial charge in [0, 0.05) is 6.54 Å². The number of halogens is 16. The van der Waals surface area contributed by atoms with E-state index in [0.29, 0.717) is 0 Å². The van der Waals surface area contributed by atoms with Crippen LogP contribution in [0.25, 0.3) is 0 Å². The van der Waals surface area contributed by atoms with Crippen molar-refractivity contribution in [3.05, 3.63) is 0 Å². The van der Waals surface area contributed by atoms with E-state index in [4.69, 9.17) is 0 Å². The molecule has 0 fully saturated rings. The number of ether oxygens (including phenoxy) is 1. The molecule has 0 saturated heterocycles. The number of carbonyl (C=O) groups is 1. The Labute approximate surface area is 173 Å². The van der Waals surface area contributed by atoms with E-state index in [9.17, 15) is 75.0 Å². The number of hydrogen-bond donors (Lipinski definition) is 1. The molecule has 0 aliphatic carbocycles. The van der Waals surface area contributed by atoms with Crippen molar-refractivity contribution < 1.29 is 79.8 Å². The minimum absolute atomic E-state index is 0.0328. The molecule has 0 saturated carbocycles. The lowest BCUT2D eigenvalue weighted by Gasteiger charge is -2.41. The van der Waals surface area contributed by atoms with Crippen LogP contribution in [0, 0.1) is 0 Å². The van der Waals surface area contributed by atoms with Crippen LogP contribution in [0.2, 0.25) is 0 Å². The van der Waals surface area contributed by atoms with E-state index in [2.05, 4.69) is 4.74 Å². The Balaban J connectivity index is 6.17. The molecule has 1 atom stereocenters. The smallest absolute Gasteiger partial charge is 0.379 e. The standard InChI is InChI=1S/C14H13F16NO2/c1-2-3-4-31-7(32)33-14(29,30)13(27,28)12(25,26)11(23,24)10(21,22)9(19,20)6(15)5-8(16,17)18/h6H,2-5H2,1H3,(H,31,32). The molecule has 19 heteroatoms. The predicted octanol–water partition coefficient (Wildman–Crippen LogP) is 6.57. The summed E-state index contributed by atoms with van der Waals surface area (Å²) < 4.78 is 212. The number of alkyl carbamates (subject to hydrolysis) is 1. The molecule has 198 valence electrons. The van der Waals surface area contributed by atoms with Crippen molar-refractivity contribution in [2.24, 2.45) is 0 Å². The van der Waals surface area contributed by atoms with Crippen molar-refractivity contribution in [2.75, 3.05) is 6.54 Å². The zero-order valence-electron chi connectivity index (χ0n) is 15.8. The number of rotatable bonds is 11. The zero-order chi connectivity index (χ0) is 26.9. The highest BCUT2D eigenvalue weighted by Gasteiger charge is 2.92. The Morgan fingerprint density at radius 1 is 0.758 bits per heavy atom. The van der Waals surface area contributed by atoms with Crippen molar-refractivity contribution in [3.63, 3.8) is 0 Å². The van der Waals surface area contributed by atoms with E-state index < -0.39 is 67.1 Å². The largest absolute Gasteiger partial charge is 0.474 e. The first-order valence-electron chi connectivity index (χ1n) is 8.28. The molecule has 1 unspecified atom stereocenters. The van der Waals surface area contributed by atoms with Crippen molar-refractivity contribution >= 4 is 6.09 Å². The van der Waals surface area contributed by atoms with Gasteiger partial charge in [-0.25, -0.2) is 9.18 Å². The molecule has 3 nitrogen and oxygen atoms in total. The molecule has 0 aliphatic rings. The van der Waals surface area contributed by atoms with Crippen molar-refractivity contribution in [3.8, 4) is 0 Å². The first-order valence-corrected chi connectivity index (χ1v) is 8.28. The van der Waals surface area contributed by atoms with Crippen LogP contribution in [-0.2, 0) is 4.74 Å². The van der Waals surface area contributed by atoms with Crippen LogP contribution in [0.4, 0.5) is 75.0 Å². The Hall–Kier alpha value is -1.85. The van der Waals surface area contributed by atoms with E-state index in [1.807, 2.05) is 0 Å². The summed E-state index contributed by atoms with van der Waals surface area (Å²) in [7, 11) is 0. The lowest BCUT2D eigenvalue weighted by molar-refractivity contribution is -0.452. The van der Waals surface area contributed by atoms with Gasteiger partial charge in [0.1, 0.15) is 0 Å². The van der Waals surface area contributed by atoms with Gasteiger partial charge in [0.15, 0.2) is 6.17 Å². The first kappa shape index (κ1) is 31.1. The molecule has 1 amide bonds. The maximum Gasteiger partial charge on any atom is 0.474 e. The highest BCUT2D eigenvalue weighted by molar-refractivity contribution is 5.67. The van der Waals surface area contributed by atoms with Gasteiger partial charge in [-0.15, -0.1) is 0 Å². The Morgan fingerprint density at radius 3 is 1.58 bits per heavy atom. The number of nitrogens with one attached hydrogen (secondary N) is 1. The third-order valence-corrected chi connectivity index (χ3v) is 3.79. The van der Waals surface area contributed by atoms with Crippen LogP contribution in [0.1, 0.15) is 26.2 Å². The highest BCUT2D eigenvalue weighted by atomic mass is 19.4. The second kappa shape index (κ2) is 9.42. The maximum absolute atomic E-state index is 13.5. The normalized spacial score (nSPS) is 15.9. The second-order valence-corrected chi connectivity index (χ2v) is 6.39. The third-order valence-electron chi connectivity index (χ3n) is 3.79. The van der Waals surface area contributed by atoms with Crippen LogP contribution in [0.5, 0.6) is 0 Å². The summed E-state index contributed by atoms with van der Waals surface area (Å²) in [6.07, 6.45) is -24.6. The fourth-order valence-electron chi connectivity index (χ4n) is 1.90. The minimum Gasteiger partial charge on any atom is -0.379 e.